The Kier molecular flexibility index (Phi) is 5.01. The number of rotatable bonds is 5. The van der Waals surface area contributed by atoms with Crippen molar-refractivity contribution < 1.29 is 9.53 Å². The zero-order valence-electron chi connectivity index (χ0n) is 11.7. The third kappa shape index (κ3) is 3.04. The second kappa shape index (κ2) is 6.53. The summed E-state index contributed by atoms with van der Waals surface area (Å²) in [5, 5.41) is 3.29. The van der Waals surface area contributed by atoms with Crippen molar-refractivity contribution in [1.82, 2.24) is 10.2 Å². The molecule has 2 fully saturated rings. The minimum atomic E-state index is 0.0474. The molecular weight excluding hydrogens is 228 g/mol. The first kappa shape index (κ1) is 13.8. The maximum Gasteiger partial charge on any atom is 0.239 e. The fraction of sp³-hybridized carbons (Fsp3) is 0.929. The van der Waals surface area contributed by atoms with E-state index in [1.165, 1.54) is 0 Å². The number of piperidine rings is 1. The molecule has 4 nitrogen and oxygen atoms in total. The quantitative estimate of drug-likeness (QED) is 0.806. The van der Waals surface area contributed by atoms with Crippen LogP contribution in [0, 0.1) is 5.92 Å². The highest BCUT2D eigenvalue weighted by Gasteiger charge is 2.33. The molecule has 0 aromatic heterocycles. The predicted molar refractivity (Wildman–Crippen MR) is 71.4 cm³/mol. The van der Waals surface area contributed by atoms with Crippen molar-refractivity contribution in [2.75, 3.05) is 26.2 Å². The average molecular weight is 254 g/mol. The highest BCUT2D eigenvalue weighted by atomic mass is 16.5. The Labute approximate surface area is 110 Å². The molecule has 2 aliphatic heterocycles. The zero-order chi connectivity index (χ0) is 13.0. The van der Waals surface area contributed by atoms with E-state index < -0.39 is 0 Å². The van der Waals surface area contributed by atoms with Crippen LogP contribution in [0.1, 0.15) is 39.5 Å². The van der Waals surface area contributed by atoms with Crippen LogP contribution in [0.4, 0.5) is 0 Å². The molecule has 18 heavy (non-hydrogen) atoms. The van der Waals surface area contributed by atoms with E-state index >= 15 is 0 Å². The summed E-state index contributed by atoms with van der Waals surface area (Å²) in [6.45, 7) is 7.77. The molecule has 2 saturated heterocycles. The lowest BCUT2D eigenvalue weighted by Gasteiger charge is -2.35. The lowest BCUT2D eigenvalue weighted by molar-refractivity contribution is -0.136. The van der Waals surface area contributed by atoms with Gasteiger partial charge in [0.1, 0.15) is 0 Å². The first-order valence-electron chi connectivity index (χ1n) is 7.40. The van der Waals surface area contributed by atoms with Crippen molar-refractivity contribution >= 4 is 5.91 Å². The molecule has 2 heterocycles. The summed E-state index contributed by atoms with van der Waals surface area (Å²) >= 11 is 0. The number of hydrogen-bond acceptors (Lipinski definition) is 3. The van der Waals surface area contributed by atoms with Crippen molar-refractivity contribution in [3.8, 4) is 0 Å². The molecule has 0 spiro atoms. The van der Waals surface area contributed by atoms with Crippen LogP contribution in [-0.4, -0.2) is 49.2 Å². The van der Waals surface area contributed by atoms with E-state index in [1.807, 2.05) is 0 Å². The van der Waals surface area contributed by atoms with E-state index in [-0.39, 0.29) is 6.04 Å². The number of nitrogens with one attached hydrogen (secondary N) is 1. The first-order valence-corrected chi connectivity index (χ1v) is 7.40. The summed E-state index contributed by atoms with van der Waals surface area (Å²) in [6, 6.07) is 0.0474. The van der Waals surface area contributed by atoms with Gasteiger partial charge in [-0.2, -0.15) is 0 Å². The number of nitrogens with zero attached hydrogens (tertiary/aromatic N) is 1. The number of amides is 1. The van der Waals surface area contributed by atoms with Gasteiger partial charge in [-0.15, -0.1) is 0 Å². The molecule has 0 saturated carbocycles. The van der Waals surface area contributed by atoms with Crippen molar-refractivity contribution in [1.29, 1.82) is 0 Å². The van der Waals surface area contributed by atoms with Crippen LogP contribution in [0.3, 0.4) is 0 Å². The van der Waals surface area contributed by atoms with Crippen LogP contribution in [0.25, 0.3) is 0 Å². The number of likely N-dealkylation sites (N-methyl/N-ethyl adjacent to an activating group) is 1. The Balaban J connectivity index is 1.89. The van der Waals surface area contributed by atoms with Crippen molar-refractivity contribution in [3.05, 3.63) is 0 Å². The fourth-order valence-electron chi connectivity index (χ4n) is 3.19. The summed E-state index contributed by atoms with van der Waals surface area (Å²) in [4.78, 5) is 14.4. The smallest absolute Gasteiger partial charge is 0.239 e. The maximum absolute atomic E-state index is 12.3. The highest BCUT2D eigenvalue weighted by Crippen LogP contribution is 2.25. The van der Waals surface area contributed by atoms with E-state index in [1.54, 1.807) is 0 Å². The SMILES string of the molecule is CCNC1CCCN(CC2CCOC2CC)C1=O. The fourth-order valence-corrected chi connectivity index (χ4v) is 3.19. The molecule has 0 bridgehead atoms. The van der Waals surface area contributed by atoms with Gasteiger partial charge in [0.2, 0.25) is 5.91 Å². The minimum absolute atomic E-state index is 0.0474. The second-order valence-corrected chi connectivity index (χ2v) is 5.40. The van der Waals surface area contributed by atoms with Crippen LogP contribution in [0.2, 0.25) is 0 Å². The third-order valence-electron chi connectivity index (χ3n) is 4.18. The molecule has 1 amide bonds. The van der Waals surface area contributed by atoms with Gasteiger partial charge in [-0.25, -0.2) is 0 Å². The molecule has 1 N–H and O–H groups in total. The lowest BCUT2D eigenvalue weighted by atomic mass is 9.96. The summed E-state index contributed by atoms with van der Waals surface area (Å²) in [6.07, 6.45) is 4.63. The van der Waals surface area contributed by atoms with Crippen molar-refractivity contribution in [3.63, 3.8) is 0 Å². The van der Waals surface area contributed by atoms with Gasteiger partial charge < -0.3 is 15.0 Å². The number of carbonyl (C=O) groups is 1. The van der Waals surface area contributed by atoms with E-state index in [4.69, 9.17) is 4.74 Å². The minimum Gasteiger partial charge on any atom is -0.378 e. The molecule has 2 rings (SSSR count). The van der Waals surface area contributed by atoms with E-state index in [2.05, 4.69) is 24.1 Å². The van der Waals surface area contributed by atoms with Gasteiger partial charge in [0.25, 0.3) is 0 Å². The van der Waals surface area contributed by atoms with Gasteiger partial charge in [-0.05, 0) is 32.2 Å². The molecule has 0 aromatic rings. The molecule has 0 aliphatic carbocycles. The van der Waals surface area contributed by atoms with Gasteiger partial charge in [0.05, 0.1) is 12.1 Å². The largest absolute Gasteiger partial charge is 0.378 e. The molecule has 2 aliphatic rings. The molecule has 0 radical (unpaired) electrons. The number of carbonyl (C=O) groups excluding carboxylic acids is 1. The van der Waals surface area contributed by atoms with Gasteiger partial charge in [-0.3, -0.25) is 4.79 Å². The summed E-state index contributed by atoms with van der Waals surface area (Å²) in [7, 11) is 0. The summed E-state index contributed by atoms with van der Waals surface area (Å²) in [5.41, 5.74) is 0. The standard InChI is InChI=1S/C14H26N2O2/c1-3-13-11(7-9-18-13)10-16-8-5-6-12(14(16)17)15-4-2/h11-13,15H,3-10H2,1-2H3. The van der Waals surface area contributed by atoms with Crippen molar-refractivity contribution in [2.24, 2.45) is 5.92 Å². The number of likely N-dealkylation sites (tertiary alicyclic amines) is 1. The van der Waals surface area contributed by atoms with Gasteiger partial charge in [0, 0.05) is 25.6 Å². The van der Waals surface area contributed by atoms with Crippen LogP contribution in [0.15, 0.2) is 0 Å². The number of ether oxygens (including phenoxy) is 1. The topological polar surface area (TPSA) is 41.6 Å². The predicted octanol–water partition coefficient (Wildman–Crippen LogP) is 1.40. The third-order valence-corrected chi connectivity index (χ3v) is 4.18. The summed E-state index contributed by atoms with van der Waals surface area (Å²) < 4.78 is 5.71. The van der Waals surface area contributed by atoms with Crippen molar-refractivity contribution in [2.45, 2.75) is 51.7 Å². The van der Waals surface area contributed by atoms with Crippen LogP contribution < -0.4 is 5.32 Å². The Hall–Kier alpha value is -0.610. The van der Waals surface area contributed by atoms with E-state index in [9.17, 15) is 4.79 Å². The molecule has 0 aromatic carbocycles. The molecular formula is C14H26N2O2. The molecule has 3 atom stereocenters. The summed E-state index contributed by atoms with van der Waals surface area (Å²) in [5.74, 6) is 0.837. The molecule has 3 unspecified atom stereocenters. The average Bonchev–Trinajstić information content (AvgIpc) is 2.82. The number of hydrogen-bond donors (Lipinski definition) is 1. The van der Waals surface area contributed by atoms with E-state index in [0.29, 0.717) is 17.9 Å². The van der Waals surface area contributed by atoms with Crippen LogP contribution in [0.5, 0.6) is 0 Å². The monoisotopic (exact) mass is 254 g/mol. The normalized spacial score (nSPS) is 33.1. The Morgan fingerprint density at radius 1 is 1.39 bits per heavy atom. The van der Waals surface area contributed by atoms with Gasteiger partial charge in [0.15, 0.2) is 0 Å². The Morgan fingerprint density at radius 2 is 2.22 bits per heavy atom. The van der Waals surface area contributed by atoms with Crippen LogP contribution in [-0.2, 0) is 9.53 Å². The van der Waals surface area contributed by atoms with Crippen LogP contribution >= 0.6 is 0 Å². The Morgan fingerprint density at radius 3 is 2.94 bits per heavy atom. The zero-order valence-corrected chi connectivity index (χ0v) is 11.7. The van der Waals surface area contributed by atoms with Gasteiger partial charge in [-0.1, -0.05) is 13.8 Å². The Bertz CT molecular complexity index is 281. The lowest BCUT2D eigenvalue weighted by Crippen LogP contribution is -2.52. The molecule has 104 valence electrons. The first-order chi connectivity index (χ1) is 8.76. The molecule has 4 heteroatoms. The van der Waals surface area contributed by atoms with Gasteiger partial charge >= 0.3 is 0 Å². The highest BCUT2D eigenvalue weighted by molar-refractivity contribution is 5.82. The van der Waals surface area contributed by atoms with E-state index in [0.717, 1.165) is 51.9 Å². The second-order valence-electron chi connectivity index (χ2n) is 5.40. The maximum atomic E-state index is 12.3.